The molecule has 0 unspecified atom stereocenters. The maximum atomic E-state index is 10.8. The van der Waals surface area contributed by atoms with E-state index in [2.05, 4.69) is 15.3 Å². The van der Waals surface area contributed by atoms with E-state index in [-0.39, 0.29) is 5.56 Å². The largest absolute Gasteiger partial charge is 0.478 e. The average Bonchev–Trinajstić information content (AvgIpc) is 2.53. The van der Waals surface area contributed by atoms with Crippen molar-refractivity contribution in [3.8, 4) is 0 Å². The first-order valence-corrected chi connectivity index (χ1v) is 6.50. The van der Waals surface area contributed by atoms with E-state index in [4.69, 9.17) is 5.11 Å². The predicted molar refractivity (Wildman–Crippen MR) is 80.3 cm³/mol. The molecule has 0 atom stereocenters. The van der Waals surface area contributed by atoms with Gasteiger partial charge in [-0.3, -0.25) is 4.98 Å². The molecule has 21 heavy (non-hydrogen) atoms. The highest BCUT2D eigenvalue weighted by Crippen LogP contribution is 2.12. The molecule has 1 aromatic heterocycles. The molecule has 0 bridgehead atoms. The van der Waals surface area contributed by atoms with Crippen LogP contribution in [0, 0.1) is 0 Å². The number of carboxylic acid groups (broad SMARTS) is 1. The highest BCUT2D eigenvalue weighted by Gasteiger charge is 2.02. The third-order valence-corrected chi connectivity index (χ3v) is 3.10. The summed E-state index contributed by atoms with van der Waals surface area (Å²) in [6, 6.07) is 14.3. The summed E-state index contributed by atoms with van der Waals surface area (Å²) in [6.45, 7) is 0.532. The van der Waals surface area contributed by atoms with Crippen LogP contribution in [0.1, 0.15) is 16.1 Å². The van der Waals surface area contributed by atoms with Crippen molar-refractivity contribution in [2.24, 2.45) is 0 Å². The summed E-state index contributed by atoms with van der Waals surface area (Å²) in [6.07, 6.45) is 1.74. The SMILES string of the molecule is O=C(O)c1ccc(NCc2cnc3ccccc3n2)cc1. The first-order chi connectivity index (χ1) is 10.2. The van der Waals surface area contributed by atoms with Crippen molar-refractivity contribution in [3.63, 3.8) is 0 Å². The Balaban J connectivity index is 1.72. The number of benzene rings is 2. The van der Waals surface area contributed by atoms with Crippen molar-refractivity contribution in [2.75, 3.05) is 5.32 Å². The zero-order chi connectivity index (χ0) is 14.7. The summed E-state index contributed by atoms with van der Waals surface area (Å²) in [7, 11) is 0. The van der Waals surface area contributed by atoms with Gasteiger partial charge in [0.1, 0.15) is 0 Å². The molecule has 104 valence electrons. The van der Waals surface area contributed by atoms with Crippen LogP contribution in [-0.4, -0.2) is 21.0 Å². The molecule has 2 N–H and O–H groups in total. The number of carbonyl (C=O) groups is 1. The minimum atomic E-state index is -0.929. The minimum absolute atomic E-state index is 0.269. The van der Waals surface area contributed by atoms with Gasteiger partial charge in [-0.1, -0.05) is 12.1 Å². The van der Waals surface area contributed by atoms with Crippen LogP contribution < -0.4 is 5.32 Å². The van der Waals surface area contributed by atoms with E-state index >= 15 is 0 Å². The zero-order valence-corrected chi connectivity index (χ0v) is 11.2. The van der Waals surface area contributed by atoms with Gasteiger partial charge < -0.3 is 10.4 Å². The lowest BCUT2D eigenvalue weighted by Gasteiger charge is -2.06. The number of nitrogens with one attached hydrogen (secondary N) is 1. The van der Waals surface area contributed by atoms with E-state index in [1.54, 1.807) is 30.5 Å². The van der Waals surface area contributed by atoms with Crippen LogP contribution in [0.5, 0.6) is 0 Å². The molecule has 0 saturated heterocycles. The van der Waals surface area contributed by atoms with Crippen LogP contribution in [0.2, 0.25) is 0 Å². The molecule has 0 aliphatic carbocycles. The first-order valence-electron chi connectivity index (χ1n) is 6.50. The molecule has 0 aliphatic heterocycles. The van der Waals surface area contributed by atoms with E-state index in [1.807, 2.05) is 24.3 Å². The summed E-state index contributed by atoms with van der Waals surface area (Å²) in [5, 5.41) is 12.0. The highest BCUT2D eigenvalue weighted by atomic mass is 16.4. The Morgan fingerprint density at radius 1 is 1.05 bits per heavy atom. The van der Waals surface area contributed by atoms with Crippen molar-refractivity contribution >= 4 is 22.7 Å². The van der Waals surface area contributed by atoms with Crippen molar-refractivity contribution < 1.29 is 9.90 Å². The summed E-state index contributed by atoms with van der Waals surface area (Å²) in [5.74, 6) is -0.929. The van der Waals surface area contributed by atoms with Crippen molar-refractivity contribution in [1.29, 1.82) is 0 Å². The summed E-state index contributed by atoms with van der Waals surface area (Å²) >= 11 is 0. The van der Waals surface area contributed by atoms with E-state index in [0.717, 1.165) is 22.4 Å². The number of rotatable bonds is 4. The van der Waals surface area contributed by atoms with Crippen molar-refractivity contribution in [3.05, 3.63) is 66.0 Å². The quantitative estimate of drug-likeness (QED) is 0.768. The Morgan fingerprint density at radius 3 is 2.48 bits per heavy atom. The van der Waals surface area contributed by atoms with Gasteiger partial charge in [0.15, 0.2) is 0 Å². The molecule has 0 amide bonds. The number of aromatic nitrogens is 2. The third-order valence-electron chi connectivity index (χ3n) is 3.10. The number of anilines is 1. The van der Waals surface area contributed by atoms with E-state index in [9.17, 15) is 4.79 Å². The van der Waals surface area contributed by atoms with Crippen LogP contribution in [0.15, 0.2) is 54.7 Å². The molecule has 0 spiro atoms. The van der Waals surface area contributed by atoms with Crippen molar-refractivity contribution in [1.82, 2.24) is 9.97 Å². The molecule has 0 saturated carbocycles. The van der Waals surface area contributed by atoms with Gasteiger partial charge in [0.05, 0.1) is 35.0 Å². The topological polar surface area (TPSA) is 75.1 Å². The summed E-state index contributed by atoms with van der Waals surface area (Å²) in [4.78, 5) is 19.6. The van der Waals surface area contributed by atoms with Gasteiger partial charge in [-0.25, -0.2) is 9.78 Å². The molecule has 0 aliphatic rings. The van der Waals surface area contributed by atoms with Gasteiger partial charge >= 0.3 is 5.97 Å². The lowest BCUT2D eigenvalue weighted by Crippen LogP contribution is -2.03. The molecule has 3 rings (SSSR count). The van der Waals surface area contributed by atoms with Gasteiger partial charge in [0.25, 0.3) is 0 Å². The molecule has 5 nitrogen and oxygen atoms in total. The third kappa shape index (κ3) is 2.97. The smallest absolute Gasteiger partial charge is 0.335 e. The van der Waals surface area contributed by atoms with Gasteiger partial charge in [-0.05, 0) is 36.4 Å². The second kappa shape index (κ2) is 5.58. The number of carboxylic acids is 1. The molecule has 0 fully saturated rings. The first kappa shape index (κ1) is 13.1. The molecule has 0 radical (unpaired) electrons. The number of nitrogens with zero attached hydrogens (tertiary/aromatic N) is 2. The number of para-hydroxylation sites is 2. The number of hydrogen-bond acceptors (Lipinski definition) is 4. The second-order valence-corrected chi connectivity index (χ2v) is 4.59. The maximum absolute atomic E-state index is 10.8. The van der Waals surface area contributed by atoms with Gasteiger partial charge in [-0.2, -0.15) is 0 Å². The van der Waals surface area contributed by atoms with Crippen molar-refractivity contribution in [2.45, 2.75) is 6.54 Å². The van der Waals surface area contributed by atoms with Crippen LogP contribution in [0.4, 0.5) is 5.69 Å². The molecular weight excluding hydrogens is 266 g/mol. The lowest BCUT2D eigenvalue weighted by molar-refractivity contribution is 0.0697. The summed E-state index contributed by atoms with van der Waals surface area (Å²) in [5.41, 5.74) is 3.67. The van der Waals surface area contributed by atoms with Gasteiger partial charge in [0, 0.05) is 5.69 Å². The van der Waals surface area contributed by atoms with E-state index in [0.29, 0.717) is 6.54 Å². The fourth-order valence-electron chi connectivity index (χ4n) is 2.00. The fourth-order valence-corrected chi connectivity index (χ4v) is 2.00. The number of fused-ring (bicyclic) bond motifs is 1. The monoisotopic (exact) mass is 279 g/mol. The highest BCUT2D eigenvalue weighted by molar-refractivity contribution is 5.88. The average molecular weight is 279 g/mol. The van der Waals surface area contributed by atoms with Gasteiger partial charge in [-0.15, -0.1) is 0 Å². The standard InChI is InChI=1S/C16H13N3O2/c20-16(21)11-5-7-12(8-6-11)17-9-13-10-18-14-3-1-2-4-15(14)19-13/h1-8,10,17H,9H2,(H,20,21). The number of aromatic carboxylic acids is 1. The fraction of sp³-hybridized carbons (Fsp3) is 0.0625. The predicted octanol–water partition coefficient (Wildman–Crippen LogP) is 2.94. The Labute approximate surface area is 121 Å². The van der Waals surface area contributed by atoms with E-state index in [1.165, 1.54) is 0 Å². The second-order valence-electron chi connectivity index (χ2n) is 4.59. The Hall–Kier alpha value is -2.95. The molecule has 1 heterocycles. The zero-order valence-electron chi connectivity index (χ0n) is 11.2. The van der Waals surface area contributed by atoms with Crippen LogP contribution in [0.25, 0.3) is 11.0 Å². The number of hydrogen-bond donors (Lipinski definition) is 2. The Kier molecular flexibility index (Phi) is 3.47. The van der Waals surface area contributed by atoms with Gasteiger partial charge in [0.2, 0.25) is 0 Å². The lowest BCUT2D eigenvalue weighted by atomic mass is 10.2. The van der Waals surface area contributed by atoms with E-state index < -0.39 is 5.97 Å². The Bertz CT molecular complexity index is 785. The molecule has 3 aromatic rings. The molecule has 5 heteroatoms. The minimum Gasteiger partial charge on any atom is -0.478 e. The van der Waals surface area contributed by atoms with Crippen LogP contribution in [0.3, 0.4) is 0 Å². The summed E-state index contributed by atoms with van der Waals surface area (Å²) < 4.78 is 0. The maximum Gasteiger partial charge on any atom is 0.335 e. The van der Waals surface area contributed by atoms with Crippen LogP contribution >= 0.6 is 0 Å². The molecular formula is C16H13N3O2. The van der Waals surface area contributed by atoms with Crippen LogP contribution in [-0.2, 0) is 6.54 Å². The molecule has 2 aromatic carbocycles. The normalized spacial score (nSPS) is 10.5. The Morgan fingerprint density at radius 2 is 1.76 bits per heavy atom.